The van der Waals surface area contributed by atoms with Crippen LogP contribution in [0.4, 0.5) is 0 Å². The molecule has 1 N–H and O–H groups in total. The fraction of sp³-hybridized carbons (Fsp3) is 0.312. The maximum Gasteiger partial charge on any atom is 0.305 e. The summed E-state index contributed by atoms with van der Waals surface area (Å²) in [6.07, 6.45) is 2.71. The van der Waals surface area contributed by atoms with Gasteiger partial charge in [0.05, 0.1) is 11.3 Å². The Labute approximate surface area is 143 Å². The first kappa shape index (κ1) is 16.0. The van der Waals surface area contributed by atoms with Crippen LogP contribution in [0.25, 0.3) is 6.08 Å². The lowest BCUT2D eigenvalue weighted by molar-refractivity contribution is -0.137. The second-order valence-corrected chi connectivity index (χ2v) is 7.15. The van der Waals surface area contributed by atoms with E-state index in [0.29, 0.717) is 9.23 Å². The molecule has 1 aromatic carbocycles. The van der Waals surface area contributed by atoms with Gasteiger partial charge in [0.1, 0.15) is 16.2 Å². The first-order valence-corrected chi connectivity index (χ1v) is 8.43. The van der Waals surface area contributed by atoms with Crippen molar-refractivity contribution in [1.29, 1.82) is 0 Å². The SMILES string of the molecule is C[C@@H]1Cc2cc(/C=C3/SC(=S)N(CCC(=O)O)C3=O)ccc2O1. The van der Waals surface area contributed by atoms with E-state index in [-0.39, 0.29) is 25.0 Å². The summed E-state index contributed by atoms with van der Waals surface area (Å²) in [6, 6.07) is 5.83. The Balaban J connectivity index is 1.78. The van der Waals surface area contributed by atoms with Gasteiger partial charge in [-0.2, -0.15) is 0 Å². The topological polar surface area (TPSA) is 66.8 Å². The van der Waals surface area contributed by atoms with Crippen LogP contribution in [0, 0.1) is 0 Å². The van der Waals surface area contributed by atoms with E-state index in [1.54, 1.807) is 6.08 Å². The Hall–Kier alpha value is -1.86. The molecule has 1 saturated heterocycles. The summed E-state index contributed by atoms with van der Waals surface area (Å²) in [5.74, 6) is -0.286. The van der Waals surface area contributed by atoms with Crippen LogP contribution in [0.3, 0.4) is 0 Å². The van der Waals surface area contributed by atoms with Crippen LogP contribution >= 0.6 is 24.0 Å². The van der Waals surface area contributed by atoms with Gasteiger partial charge in [-0.3, -0.25) is 14.5 Å². The lowest BCUT2D eigenvalue weighted by Gasteiger charge is -2.12. The maximum absolute atomic E-state index is 12.4. The molecule has 1 aromatic rings. The summed E-state index contributed by atoms with van der Waals surface area (Å²) in [7, 11) is 0. The van der Waals surface area contributed by atoms with E-state index in [2.05, 4.69) is 0 Å². The van der Waals surface area contributed by atoms with E-state index >= 15 is 0 Å². The van der Waals surface area contributed by atoms with E-state index in [1.165, 1.54) is 16.7 Å². The van der Waals surface area contributed by atoms with Crippen LogP contribution in [0.2, 0.25) is 0 Å². The van der Waals surface area contributed by atoms with Gasteiger partial charge >= 0.3 is 5.97 Å². The number of thiocarbonyl (C=S) groups is 1. The number of carboxylic acid groups (broad SMARTS) is 1. The molecule has 1 fully saturated rings. The Morgan fingerprint density at radius 3 is 3.09 bits per heavy atom. The van der Waals surface area contributed by atoms with Crippen LogP contribution in [0.15, 0.2) is 23.1 Å². The summed E-state index contributed by atoms with van der Waals surface area (Å²) in [5, 5.41) is 8.74. The van der Waals surface area contributed by atoms with Crippen molar-refractivity contribution in [2.75, 3.05) is 6.54 Å². The number of rotatable bonds is 4. The number of fused-ring (bicyclic) bond motifs is 1. The van der Waals surface area contributed by atoms with Gasteiger partial charge in [-0.25, -0.2) is 0 Å². The third-order valence-corrected chi connectivity index (χ3v) is 5.02. The van der Waals surface area contributed by atoms with Gasteiger partial charge in [0, 0.05) is 13.0 Å². The summed E-state index contributed by atoms with van der Waals surface area (Å²) in [6.45, 7) is 2.13. The standard InChI is InChI=1S/C16H15NO4S2/c1-9-6-11-7-10(2-3-12(11)21-9)8-13-15(20)17(16(22)23-13)5-4-14(18)19/h2-3,7-9H,4-6H2,1H3,(H,18,19)/b13-8+/t9-/m1/s1. The fourth-order valence-electron chi connectivity index (χ4n) is 2.58. The Morgan fingerprint density at radius 2 is 2.35 bits per heavy atom. The average Bonchev–Trinajstić information content (AvgIpc) is 2.96. The molecule has 1 atom stereocenters. The van der Waals surface area contributed by atoms with Crippen molar-refractivity contribution in [3.8, 4) is 5.75 Å². The average molecular weight is 349 g/mol. The van der Waals surface area contributed by atoms with Crippen molar-refractivity contribution in [3.05, 3.63) is 34.2 Å². The number of ether oxygens (including phenoxy) is 1. The van der Waals surface area contributed by atoms with Crippen molar-refractivity contribution >= 4 is 46.3 Å². The Morgan fingerprint density at radius 1 is 1.57 bits per heavy atom. The third kappa shape index (κ3) is 3.40. The zero-order chi connectivity index (χ0) is 16.6. The van der Waals surface area contributed by atoms with Crippen LogP contribution in [0.1, 0.15) is 24.5 Å². The predicted molar refractivity (Wildman–Crippen MR) is 92.4 cm³/mol. The minimum atomic E-state index is -0.948. The largest absolute Gasteiger partial charge is 0.490 e. The van der Waals surface area contributed by atoms with Gasteiger partial charge in [-0.15, -0.1) is 0 Å². The van der Waals surface area contributed by atoms with E-state index < -0.39 is 5.97 Å². The second-order valence-electron chi connectivity index (χ2n) is 5.48. The van der Waals surface area contributed by atoms with E-state index in [4.69, 9.17) is 22.1 Å². The molecule has 0 bridgehead atoms. The quantitative estimate of drug-likeness (QED) is 0.666. The third-order valence-electron chi connectivity index (χ3n) is 3.64. The van der Waals surface area contributed by atoms with E-state index in [9.17, 15) is 9.59 Å². The van der Waals surface area contributed by atoms with Crippen LogP contribution in [-0.2, 0) is 16.0 Å². The Kier molecular flexibility index (Phi) is 4.41. The summed E-state index contributed by atoms with van der Waals surface area (Å²) in [4.78, 5) is 24.9. The Bertz CT molecular complexity index is 729. The van der Waals surface area contributed by atoms with Crippen molar-refractivity contribution in [2.24, 2.45) is 0 Å². The molecular weight excluding hydrogens is 334 g/mol. The molecule has 23 heavy (non-hydrogen) atoms. The van der Waals surface area contributed by atoms with Crippen LogP contribution in [0.5, 0.6) is 5.75 Å². The zero-order valence-corrected chi connectivity index (χ0v) is 14.1. The number of benzene rings is 1. The molecular formula is C16H15NO4S2. The number of carbonyl (C=O) groups is 2. The highest BCUT2D eigenvalue weighted by atomic mass is 32.2. The molecule has 2 heterocycles. The van der Waals surface area contributed by atoms with Crippen molar-refractivity contribution in [2.45, 2.75) is 25.9 Å². The number of hydrogen-bond donors (Lipinski definition) is 1. The molecule has 0 unspecified atom stereocenters. The minimum absolute atomic E-state index is 0.104. The first-order valence-electron chi connectivity index (χ1n) is 7.21. The molecule has 2 aliphatic rings. The molecule has 7 heteroatoms. The molecule has 0 aliphatic carbocycles. The number of carbonyl (C=O) groups excluding carboxylic acids is 1. The summed E-state index contributed by atoms with van der Waals surface area (Å²) >= 11 is 6.38. The van der Waals surface area contributed by atoms with Crippen molar-refractivity contribution in [3.63, 3.8) is 0 Å². The normalized spacial score (nSPS) is 21.7. The van der Waals surface area contributed by atoms with Gasteiger partial charge in [0.2, 0.25) is 0 Å². The highest BCUT2D eigenvalue weighted by Crippen LogP contribution is 2.34. The van der Waals surface area contributed by atoms with Gasteiger partial charge in [0.25, 0.3) is 5.91 Å². The minimum Gasteiger partial charge on any atom is -0.490 e. The summed E-state index contributed by atoms with van der Waals surface area (Å²) < 4.78 is 6.07. The number of carboxylic acids is 1. The van der Waals surface area contributed by atoms with E-state index in [0.717, 1.165) is 23.3 Å². The van der Waals surface area contributed by atoms with Gasteiger partial charge < -0.3 is 9.84 Å². The maximum atomic E-state index is 12.4. The first-order chi connectivity index (χ1) is 10.9. The zero-order valence-electron chi connectivity index (χ0n) is 12.4. The number of nitrogens with zero attached hydrogens (tertiary/aromatic N) is 1. The van der Waals surface area contributed by atoms with Crippen LogP contribution in [-0.4, -0.2) is 38.9 Å². The van der Waals surface area contributed by atoms with Gasteiger partial charge in [-0.1, -0.05) is 30.0 Å². The molecule has 120 valence electrons. The highest BCUT2D eigenvalue weighted by molar-refractivity contribution is 8.26. The van der Waals surface area contributed by atoms with E-state index in [1.807, 2.05) is 25.1 Å². The molecule has 0 radical (unpaired) electrons. The predicted octanol–water partition coefficient (Wildman–Crippen LogP) is 2.69. The summed E-state index contributed by atoms with van der Waals surface area (Å²) in [5.41, 5.74) is 2.05. The lowest BCUT2D eigenvalue weighted by atomic mass is 10.1. The molecule has 1 amide bonds. The smallest absolute Gasteiger partial charge is 0.305 e. The molecule has 0 aromatic heterocycles. The number of aliphatic carboxylic acids is 1. The number of amides is 1. The highest BCUT2D eigenvalue weighted by Gasteiger charge is 2.32. The molecule has 2 aliphatic heterocycles. The van der Waals surface area contributed by atoms with Crippen LogP contribution < -0.4 is 4.74 Å². The second kappa shape index (κ2) is 6.33. The van der Waals surface area contributed by atoms with Crippen molar-refractivity contribution < 1.29 is 19.4 Å². The monoisotopic (exact) mass is 349 g/mol. The number of thioether (sulfide) groups is 1. The molecule has 0 spiro atoms. The number of hydrogen-bond acceptors (Lipinski definition) is 5. The fourth-order valence-corrected chi connectivity index (χ4v) is 3.89. The lowest BCUT2D eigenvalue weighted by Crippen LogP contribution is -2.30. The molecule has 5 nitrogen and oxygen atoms in total. The van der Waals surface area contributed by atoms with Gasteiger partial charge in [0.15, 0.2) is 0 Å². The van der Waals surface area contributed by atoms with Gasteiger partial charge in [-0.05, 0) is 36.3 Å². The van der Waals surface area contributed by atoms with Crippen molar-refractivity contribution in [1.82, 2.24) is 4.90 Å². The molecule has 3 rings (SSSR count). The molecule has 0 saturated carbocycles.